The van der Waals surface area contributed by atoms with Gasteiger partial charge in [-0.1, -0.05) is 12.1 Å². The van der Waals surface area contributed by atoms with Crippen LogP contribution in [0.15, 0.2) is 42.7 Å². The molecule has 128 valence electrons. The predicted molar refractivity (Wildman–Crippen MR) is 90.5 cm³/mol. The lowest BCUT2D eigenvalue weighted by Gasteiger charge is -2.07. The van der Waals surface area contributed by atoms with Gasteiger partial charge in [0.25, 0.3) is 5.91 Å². The first-order valence-corrected chi connectivity index (χ1v) is 7.59. The smallest absolute Gasteiger partial charge is 0.308 e. The number of benzene rings is 1. The van der Waals surface area contributed by atoms with E-state index < -0.39 is 11.9 Å². The van der Waals surface area contributed by atoms with Crippen molar-refractivity contribution in [3.63, 3.8) is 0 Å². The van der Waals surface area contributed by atoms with Crippen LogP contribution in [0.5, 0.6) is 0 Å². The van der Waals surface area contributed by atoms with Crippen molar-refractivity contribution in [3.05, 3.63) is 48.3 Å². The highest BCUT2D eigenvalue weighted by atomic mass is 16.5. The first kappa shape index (κ1) is 17.9. The third-order valence-electron chi connectivity index (χ3n) is 3.06. The zero-order chi connectivity index (χ0) is 17.9. The van der Waals surface area contributed by atoms with Crippen LogP contribution in [0.4, 0.5) is 11.6 Å². The van der Waals surface area contributed by atoms with E-state index in [1.807, 2.05) is 6.07 Å². The van der Waals surface area contributed by atoms with Gasteiger partial charge in [0.15, 0.2) is 6.61 Å². The van der Waals surface area contributed by atoms with Crippen LogP contribution in [0.3, 0.4) is 0 Å². The van der Waals surface area contributed by atoms with E-state index in [1.54, 1.807) is 42.7 Å². The van der Waals surface area contributed by atoms with Crippen molar-refractivity contribution in [2.75, 3.05) is 23.8 Å². The van der Waals surface area contributed by atoms with Gasteiger partial charge in [-0.15, -0.1) is 0 Å². The highest BCUT2D eigenvalue weighted by Crippen LogP contribution is 2.09. The maximum Gasteiger partial charge on any atom is 0.308 e. The molecule has 25 heavy (non-hydrogen) atoms. The Morgan fingerprint density at radius 1 is 1.16 bits per heavy atom. The fourth-order valence-electron chi connectivity index (χ4n) is 1.88. The largest absolute Gasteiger partial charge is 0.456 e. The molecule has 0 fully saturated rings. The lowest BCUT2D eigenvalue weighted by Crippen LogP contribution is -2.22. The zero-order valence-electron chi connectivity index (χ0n) is 13.4. The number of carbonyl (C=O) groups is 2. The molecule has 1 aromatic carbocycles. The number of hydrogen-bond acceptors (Lipinski definition) is 7. The molecule has 1 heterocycles. The minimum absolute atomic E-state index is 0.0917. The molecule has 0 aliphatic heterocycles. The van der Waals surface area contributed by atoms with Crippen LogP contribution in [-0.2, 0) is 20.7 Å². The van der Waals surface area contributed by atoms with E-state index >= 15 is 0 Å². The summed E-state index contributed by atoms with van der Waals surface area (Å²) >= 11 is 0. The first-order chi connectivity index (χ1) is 12.2. The van der Waals surface area contributed by atoms with Crippen LogP contribution >= 0.6 is 0 Å². The van der Waals surface area contributed by atoms with Gasteiger partial charge < -0.3 is 15.4 Å². The quantitative estimate of drug-likeness (QED) is 0.700. The number of anilines is 2. The fraction of sp³-hybridized carbons (Fsp3) is 0.235. The number of ether oxygens (including phenoxy) is 1. The van der Waals surface area contributed by atoms with E-state index in [0.717, 1.165) is 5.56 Å². The second-order valence-corrected chi connectivity index (χ2v) is 4.99. The standard InChI is InChI=1S/C17H17N5O3/c18-8-6-13-2-4-14(5-3-13)22-15(23)12-25-16(24)7-11-21-17-19-9-1-10-20-17/h1-5,9-10H,6-7,11-12H2,(H,22,23)(H,19,20,21). The molecule has 1 amide bonds. The van der Waals surface area contributed by atoms with Gasteiger partial charge in [0.2, 0.25) is 5.95 Å². The molecule has 0 radical (unpaired) electrons. The summed E-state index contributed by atoms with van der Waals surface area (Å²) in [5.41, 5.74) is 1.44. The molecule has 1 aromatic heterocycles. The van der Waals surface area contributed by atoms with Crippen molar-refractivity contribution < 1.29 is 14.3 Å². The molecule has 0 aliphatic rings. The van der Waals surface area contributed by atoms with Crippen molar-refractivity contribution in [3.8, 4) is 6.07 Å². The predicted octanol–water partition coefficient (Wildman–Crippen LogP) is 1.53. The van der Waals surface area contributed by atoms with Crippen molar-refractivity contribution >= 4 is 23.5 Å². The van der Waals surface area contributed by atoms with Crippen molar-refractivity contribution in [2.24, 2.45) is 0 Å². The second-order valence-electron chi connectivity index (χ2n) is 4.99. The molecule has 2 N–H and O–H groups in total. The minimum atomic E-state index is -0.497. The molecule has 0 spiro atoms. The number of carbonyl (C=O) groups excluding carboxylic acids is 2. The fourth-order valence-corrected chi connectivity index (χ4v) is 1.88. The summed E-state index contributed by atoms with van der Waals surface area (Å²) in [6, 6.07) is 10.6. The third-order valence-corrected chi connectivity index (χ3v) is 3.06. The van der Waals surface area contributed by atoms with Gasteiger partial charge in [-0.2, -0.15) is 5.26 Å². The molecule has 2 rings (SSSR count). The average Bonchev–Trinajstić information content (AvgIpc) is 2.63. The molecular formula is C17H17N5O3. The zero-order valence-corrected chi connectivity index (χ0v) is 13.4. The number of amides is 1. The summed E-state index contributed by atoms with van der Waals surface area (Å²) in [4.78, 5) is 31.3. The molecule has 0 aliphatic carbocycles. The Morgan fingerprint density at radius 3 is 2.56 bits per heavy atom. The number of esters is 1. The molecule has 0 bridgehead atoms. The molecule has 2 aromatic rings. The Labute approximate surface area is 144 Å². The van der Waals surface area contributed by atoms with Crippen LogP contribution in [-0.4, -0.2) is 35.0 Å². The number of hydrogen-bond donors (Lipinski definition) is 2. The molecular weight excluding hydrogens is 322 g/mol. The monoisotopic (exact) mass is 339 g/mol. The van der Waals surface area contributed by atoms with E-state index in [4.69, 9.17) is 10.00 Å². The normalized spacial score (nSPS) is 9.72. The SMILES string of the molecule is N#CCc1ccc(NC(=O)COC(=O)CCNc2ncccn2)cc1. The molecule has 0 saturated carbocycles. The van der Waals surface area contributed by atoms with Gasteiger partial charge >= 0.3 is 5.97 Å². The summed E-state index contributed by atoms with van der Waals surface area (Å²) in [5, 5.41) is 14.1. The lowest BCUT2D eigenvalue weighted by molar-refractivity contribution is -0.147. The number of nitriles is 1. The van der Waals surface area contributed by atoms with Crippen LogP contribution in [0, 0.1) is 11.3 Å². The highest BCUT2D eigenvalue weighted by Gasteiger charge is 2.08. The van der Waals surface area contributed by atoms with Gasteiger partial charge in [-0.05, 0) is 23.8 Å². The summed E-state index contributed by atoms with van der Waals surface area (Å²) in [5.74, 6) is -0.503. The Morgan fingerprint density at radius 2 is 1.88 bits per heavy atom. The maximum absolute atomic E-state index is 11.7. The van der Waals surface area contributed by atoms with Crippen molar-refractivity contribution in [1.82, 2.24) is 9.97 Å². The molecule has 8 nitrogen and oxygen atoms in total. The van der Waals surface area contributed by atoms with Crippen LogP contribution in [0.2, 0.25) is 0 Å². The topological polar surface area (TPSA) is 117 Å². The number of aromatic nitrogens is 2. The average molecular weight is 339 g/mol. The third kappa shape index (κ3) is 6.66. The van der Waals surface area contributed by atoms with Gasteiger partial charge in [0.1, 0.15) is 0 Å². The molecule has 8 heteroatoms. The summed E-state index contributed by atoms with van der Waals surface area (Å²) in [6.07, 6.45) is 3.58. The van der Waals surface area contributed by atoms with Crippen LogP contribution in [0.25, 0.3) is 0 Å². The summed E-state index contributed by atoms with van der Waals surface area (Å²) in [6.45, 7) is -0.0502. The summed E-state index contributed by atoms with van der Waals surface area (Å²) in [7, 11) is 0. The van der Waals surface area contributed by atoms with Gasteiger partial charge in [0.05, 0.1) is 18.9 Å². The molecule has 0 atom stereocenters. The molecule has 0 saturated heterocycles. The minimum Gasteiger partial charge on any atom is -0.456 e. The maximum atomic E-state index is 11.7. The number of nitrogens with one attached hydrogen (secondary N) is 2. The van der Waals surface area contributed by atoms with Gasteiger partial charge in [-0.25, -0.2) is 9.97 Å². The van der Waals surface area contributed by atoms with E-state index in [1.165, 1.54) is 0 Å². The van der Waals surface area contributed by atoms with E-state index in [9.17, 15) is 9.59 Å². The van der Waals surface area contributed by atoms with E-state index in [2.05, 4.69) is 20.6 Å². The number of rotatable bonds is 8. The van der Waals surface area contributed by atoms with E-state index in [0.29, 0.717) is 24.6 Å². The highest BCUT2D eigenvalue weighted by molar-refractivity contribution is 5.92. The van der Waals surface area contributed by atoms with E-state index in [-0.39, 0.29) is 13.0 Å². The second kappa shape index (κ2) is 9.62. The number of nitrogens with zero attached hydrogens (tertiary/aromatic N) is 3. The van der Waals surface area contributed by atoms with Crippen molar-refractivity contribution in [2.45, 2.75) is 12.8 Å². The molecule has 0 unspecified atom stereocenters. The van der Waals surface area contributed by atoms with Gasteiger partial charge in [-0.3, -0.25) is 9.59 Å². The Kier molecular flexibility index (Phi) is 6.88. The Hall–Kier alpha value is -3.47. The summed E-state index contributed by atoms with van der Waals surface area (Å²) < 4.78 is 4.90. The first-order valence-electron chi connectivity index (χ1n) is 7.59. The van der Waals surface area contributed by atoms with Crippen molar-refractivity contribution in [1.29, 1.82) is 5.26 Å². The van der Waals surface area contributed by atoms with Gasteiger partial charge in [0, 0.05) is 24.6 Å². The Balaban J connectivity index is 1.65. The Bertz CT molecular complexity index is 741. The lowest BCUT2D eigenvalue weighted by atomic mass is 10.1. The van der Waals surface area contributed by atoms with Crippen LogP contribution < -0.4 is 10.6 Å². The van der Waals surface area contributed by atoms with Crippen LogP contribution in [0.1, 0.15) is 12.0 Å².